The van der Waals surface area contributed by atoms with Crippen LogP contribution in [-0.4, -0.2) is 140 Å². The summed E-state index contributed by atoms with van der Waals surface area (Å²) in [6.45, 7) is 2.83. The zero-order valence-corrected chi connectivity index (χ0v) is 68.4. The second-order valence-corrected chi connectivity index (χ2v) is 31.7. The molecule has 2 rings (SSSR count). The Hall–Kier alpha value is -2.57. The number of carbonyl (C=O) groups is 1. The number of rotatable bonds is 77. The van der Waals surface area contributed by atoms with Gasteiger partial charge < -0.3 is 65.1 Å². The minimum atomic E-state index is -1.80. The van der Waals surface area contributed by atoms with Crippen molar-refractivity contribution in [2.45, 2.75) is 485 Å². The van der Waals surface area contributed by atoms with Gasteiger partial charge in [-0.1, -0.05) is 395 Å². The van der Waals surface area contributed by atoms with Crippen molar-refractivity contribution < 1.29 is 64.6 Å². The number of hydrogen-bond donors (Lipinski definition) is 9. The standard InChI is InChI=1S/C92H169NO13/c1-3-5-7-9-11-13-15-17-19-21-23-25-27-29-31-33-35-36-37-38-39-40-41-42-43-44-46-48-50-52-54-56-58-60-62-64-66-68-70-72-74-76-84(97)93-80(79-103-91-89(102)87(100)90(83(78-95)105-91)106-92-88(101)86(99)85(98)82(77-94)104-92)81(96)75-73-71-69-67-65-63-61-59-57-55-53-51-49-47-45-34-32-30-28-26-24-22-20-18-16-14-12-10-8-6-4-2/h15,17,21,23,27,29,57,59,65,67,73,75,80-83,85-92,94-96,98-102H,3-14,16,18-20,22,24-26,28,30-56,58,60-64,66,68-72,74,76-79H2,1-2H3,(H,93,97)/b17-15-,23-21-,29-27-,59-57+,67-65+,75-73+. The molecule has 0 aromatic heterocycles. The van der Waals surface area contributed by atoms with Crippen LogP contribution in [0.3, 0.4) is 0 Å². The van der Waals surface area contributed by atoms with Gasteiger partial charge in [0, 0.05) is 6.42 Å². The van der Waals surface area contributed by atoms with Gasteiger partial charge in [-0.3, -0.25) is 4.79 Å². The zero-order valence-electron chi connectivity index (χ0n) is 68.4. The van der Waals surface area contributed by atoms with Crippen LogP contribution in [0.15, 0.2) is 72.9 Å². The minimum Gasteiger partial charge on any atom is -0.394 e. The third-order valence-corrected chi connectivity index (χ3v) is 21.8. The highest BCUT2D eigenvalue weighted by atomic mass is 16.7. The molecule has 0 saturated carbocycles. The molecule has 2 aliphatic heterocycles. The van der Waals surface area contributed by atoms with E-state index >= 15 is 0 Å². The highest BCUT2D eigenvalue weighted by molar-refractivity contribution is 5.76. The minimum absolute atomic E-state index is 0.246. The summed E-state index contributed by atoms with van der Waals surface area (Å²) in [6, 6.07) is -0.942. The van der Waals surface area contributed by atoms with E-state index in [1.165, 1.54) is 321 Å². The Balaban J connectivity index is 1.57. The van der Waals surface area contributed by atoms with Crippen molar-refractivity contribution in [3.8, 4) is 0 Å². The van der Waals surface area contributed by atoms with Crippen LogP contribution >= 0.6 is 0 Å². The molecule has 9 N–H and O–H groups in total. The molecule has 2 aliphatic rings. The van der Waals surface area contributed by atoms with E-state index in [0.717, 1.165) is 57.8 Å². The molecule has 0 aliphatic carbocycles. The molecule has 0 spiro atoms. The Morgan fingerprint density at radius 3 is 0.991 bits per heavy atom. The van der Waals surface area contributed by atoms with E-state index in [0.29, 0.717) is 12.8 Å². The molecule has 106 heavy (non-hydrogen) atoms. The molecule has 12 atom stereocenters. The molecule has 0 radical (unpaired) electrons. The lowest BCUT2D eigenvalue weighted by Crippen LogP contribution is -2.65. The zero-order chi connectivity index (χ0) is 76.5. The first-order valence-electron chi connectivity index (χ1n) is 45.2. The lowest BCUT2D eigenvalue weighted by Gasteiger charge is -2.46. The van der Waals surface area contributed by atoms with Crippen molar-refractivity contribution in [1.29, 1.82) is 0 Å². The number of aliphatic hydroxyl groups is 8. The SMILES string of the molecule is CCCCCCC/C=C\C/C=C\C/C=C\CCCCCCCCCCCCCCCCCCCCCCCCCCCCC(=O)NC(COC1OC(CO)C(OC2OC(CO)C(O)C(O)C2O)C(O)C1O)C(O)/C=C/CC/C=C/CC/C=C/CCCCCCCCCCCCCCCCCCCCCCC. The second-order valence-electron chi connectivity index (χ2n) is 31.7. The molecule has 0 aromatic rings. The maximum atomic E-state index is 13.4. The van der Waals surface area contributed by atoms with E-state index in [2.05, 4.69) is 79.9 Å². The molecule has 2 saturated heterocycles. The van der Waals surface area contributed by atoms with Crippen LogP contribution < -0.4 is 5.32 Å². The summed E-state index contributed by atoms with van der Waals surface area (Å²) in [5.74, 6) is -0.246. The van der Waals surface area contributed by atoms with Gasteiger partial charge in [0.1, 0.15) is 48.8 Å². The molecule has 12 unspecified atom stereocenters. The summed E-state index contributed by atoms with van der Waals surface area (Å²) in [5, 5.41) is 87.8. The van der Waals surface area contributed by atoms with Gasteiger partial charge in [0.05, 0.1) is 32.0 Å². The smallest absolute Gasteiger partial charge is 0.220 e. The number of carbonyl (C=O) groups excluding carboxylic acids is 1. The van der Waals surface area contributed by atoms with E-state index in [-0.39, 0.29) is 18.9 Å². The summed E-state index contributed by atoms with van der Waals surface area (Å²) in [7, 11) is 0. The number of unbranched alkanes of at least 4 members (excludes halogenated alkanes) is 54. The Kier molecular flexibility index (Phi) is 70.5. The van der Waals surface area contributed by atoms with Crippen molar-refractivity contribution in [3.63, 3.8) is 0 Å². The van der Waals surface area contributed by atoms with Crippen LogP contribution in [0.25, 0.3) is 0 Å². The first-order chi connectivity index (χ1) is 52.1. The van der Waals surface area contributed by atoms with Crippen molar-refractivity contribution in [3.05, 3.63) is 72.9 Å². The van der Waals surface area contributed by atoms with E-state index in [1.54, 1.807) is 6.08 Å². The molecular formula is C92H169NO13. The quantitative estimate of drug-likeness (QED) is 0.0204. The summed E-state index contributed by atoms with van der Waals surface area (Å²) in [6.07, 6.45) is 88.9. The molecule has 620 valence electrons. The van der Waals surface area contributed by atoms with E-state index in [1.807, 2.05) is 6.08 Å². The van der Waals surface area contributed by atoms with Gasteiger partial charge in [-0.2, -0.15) is 0 Å². The fraction of sp³-hybridized carbons (Fsp3) is 0.859. The number of amides is 1. The Morgan fingerprint density at radius 2 is 0.632 bits per heavy atom. The van der Waals surface area contributed by atoms with Gasteiger partial charge >= 0.3 is 0 Å². The lowest BCUT2D eigenvalue weighted by atomic mass is 9.97. The Morgan fingerprint density at radius 1 is 0.340 bits per heavy atom. The lowest BCUT2D eigenvalue weighted by molar-refractivity contribution is -0.359. The number of aliphatic hydroxyl groups excluding tert-OH is 8. The summed E-state index contributed by atoms with van der Waals surface area (Å²) in [5.41, 5.74) is 0. The van der Waals surface area contributed by atoms with Gasteiger partial charge in [0.25, 0.3) is 0 Å². The summed E-state index contributed by atoms with van der Waals surface area (Å²) in [4.78, 5) is 13.4. The number of nitrogens with one attached hydrogen (secondary N) is 1. The van der Waals surface area contributed by atoms with Crippen LogP contribution in [0.1, 0.15) is 412 Å². The third kappa shape index (κ3) is 56.6. The van der Waals surface area contributed by atoms with E-state index in [4.69, 9.17) is 18.9 Å². The highest BCUT2D eigenvalue weighted by Crippen LogP contribution is 2.31. The highest BCUT2D eigenvalue weighted by Gasteiger charge is 2.51. The van der Waals surface area contributed by atoms with Gasteiger partial charge in [-0.25, -0.2) is 0 Å². The molecule has 14 heteroatoms. The molecule has 0 bridgehead atoms. The van der Waals surface area contributed by atoms with Crippen molar-refractivity contribution in [2.75, 3.05) is 19.8 Å². The van der Waals surface area contributed by atoms with Gasteiger partial charge in [0.2, 0.25) is 5.91 Å². The molecule has 2 fully saturated rings. The first kappa shape index (κ1) is 99.5. The van der Waals surface area contributed by atoms with Gasteiger partial charge in [-0.05, 0) is 83.5 Å². The van der Waals surface area contributed by atoms with Gasteiger partial charge in [-0.15, -0.1) is 0 Å². The number of hydrogen-bond acceptors (Lipinski definition) is 13. The fourth-order valence-corrected chi connectivity index (χ4v) is 14.8. The maximum Gasteiger partial charge on any atom is 0.220 e. The van der Waals surface area contributed by atoms with E-state index in [9.17, 15) is 45.6 Å². The predicted molar refractivity (Wildman–Crippen MR) is 443 cm³/mol. The second kappa shape index (κ2) is 75.1. The predicted octanol–water partition coefficient (Wildman–Crippen LogP) is 22.0. The van der Waals surface area contributed by atoms with Crippen LogP contribution in [0.2, 0.25) is 0 Å². The number of ether oxygens (including phenoxy) is 4. The normalized spacial score (nSPS) is 21.6. The topological polar surface area (TPSA) is 228 Å². The molecule has 1 amide bonds. The third-order valence-electron chi connectivity index (χ3n) is 21.8. The Bertz CT molecular complexity index is 2060. The van der Waals surface area contributed by atoms with Crippen molar-refractivity contribution in [2.24, 2.45) is 0 Å². The molecule has 2 heterocycles. The summed E-state index contributed by atoms with van der Waals surface area (Å²) < 4.78 is 22.9. The molecular weight excluding hydrogens is 1330 g/mol. The van der Waals surface area contributed by atoms with Crippen molar-refractivity contribution >= 4 is 5.91 Å². The summed E-state index contributed by atoms with van der Waals surface area (Å²) >= 11 is 0. The van der Waals surface area contributed by atoms with Crippen LogP contribution in [0.5, 0.6) is 0 Å². The fourth-order valence-electron chi connectivity index (χ4n) is 14.8. The number of allylic oxidation sites excluding steroid dienone is 11. The Labute approximate surface area is 650 Å². The van der Waals surface area contributed by atoms with Crippen LogP contribution in [0.4, 0.5) is 0 Å². The molecule has 0 aromatic carbocycles. The van der Waals surface area contributed by atoms with Crippen molar-refractivity contribution in [1.82, 2.24) is 5.32 Å². The van der Waals surface area contributed by atoms with Gasteiger partial charge in [0.15, 0.2) is 12.6 Å². The average Bonchev–Trinajstić information content (AvgIpc) is 0.790. The average molecular weight is 1500 g/mol. The maximum absolute atomic E-state index is 13.4. The first-order valence-corrected chi connectivity index (χ1v) is 45.2. The van der Waals surface area contributed by atoms with Crippen LogP contribution in [0, 0.1) is 0 Å². The van der Waals surface area contributed by atoms with Crippen LogP contribution in [-0.2, 0) is 23.7 Å². The molecule has 14 nitrogen and oxygen atoms in total. The monoisotopic (exact) mass is 1500 g/mol. The largest absolute Gasteiger partial charge is 0.394 e. The van der Waals surface area contributed by atoms with E-state index < -0.39 is 86.8 Å².